The molecule has 0 unspecified atom stereocenters. The number of H-pyrrole nitrogens is 1. The molecule has 3 heterocycles. The molecule has 10 nitrogen and oxygen atoms in total. The van der Waals surface area contributed by atoms with E-state index >= 15 is 0 Å². The summed E-state index contributed by atoms with van der Waals surface area (Å²) in [6, 6.07) is 19.0. The van der Waals surface area contributed by atoms with Gasteiger partial charge in [0.05, 0.1) is 17.8 Å². The number of benzene rings is 4. The van der Waals surface area contributed by atoms with Gasteiger partial charge in [0, 0.05) is 40.9 Å². The highest BCUT2D eigenvalue weighted by atomic mass is 16.3. The number of aliphatic hydroxyl groups is 1. The number of aliphatic hydroxyl groups excluding tert-OH is 1. The average molecular weight is 889 g/mol. The molecule has 2 saturated heterocycles. The number of imidazole rings is 1. The van der Waals surface area contributed by atoms with Crippen molar-refractivity contribution in [1.82, 2.24) is 20.6 Å². The molecule has 4 saturated carbocycles. The van der Waals surface area contributed by atoms with Crippen LogP contribution in [-0.4, -0.2) is 65.8 Å². The Bertz CT molecular complexity index is 2730. The second kappa shape index (κ2) is 15.6. The number of nitrogens with one attached hydrogen (secondary N) is 3. The van der Waals surface area contributed by atoms with Gasteiger partial charge in [-0.25, -0.2) is 4.98 Å². The van der Waals surface area contributed by atoms with Crippen LogP contribution in [0.25, 0.3) is 22.9 Å². The van der Waals surface area contributed by atoms with Crippen LogP contribution >= 0.6 is 0 Å². The number of piperidine rings is 2. The maximum absolute atomic E-state index is 12.7. The minimum Gasteiger partial charge on any atom is -0.507 e. The quantitative estimate of drug-likeness (QED) is 0.0438. The van der Waals surface area contributed by atoms with Crippen molar-refractivity contribution in [3.05, 3.63) is 119 Å². The van der Waals surface area contributed by atoms with Gasteiger partial charge in [0.1, 0.15) is 5.75 Å². The first-order valence-electron chi connectivity index (χ1n) is 24.9. The van der Waals surface area contributed by atoms with Crippen molar-refractivity contribution in [2.45, 2.75) is 113 Å². The predicted octanol–water partition coefficient (Wildman–Crippen LogP) is 9.69. The van der Waals surface area contributed by atoms with E-state index in [1.54, 1.807) is 18.2 Å². The summed E-state index contributed by atoms with van der Waals surface area (Å²) in [6.07, 6.45) is 27.3. The van der Waals surface area contributed by atoms with E-state index in [1.807, 2.05) is 18.5 Å². The Balaban J connectivity index is 0.912. The molecule has 1 aromatic heterocycles. The third kappa shape index (κ3) is 5.99. The highest BCUT2D eigenvalue weighted by Crippen LogP contribution is 2.79. The second-order valence-electron chi connectivity index (χ2n) is 21.6. The summed E-state index contributed by atoms with van der Waals surface area (Å²) in [6.45, 7) is 2.07. The Morgan fingerprint density at radius 3 is 2.41 bits per heavy atom. The van der Waals surface area contributed by atoms with Crippen molar-refractivity contribution in [2.75, 3.05) is 13.1 Å². The number of rotatable bonds is 7. The minimum absolute atomic E-state index is 0.0813. The van der Waals surface area contributed by atoms with Gasteiger partial charge in [0.15, 0.2) is 23.0 Å². The first kappa shape index (κ1) is 42.1. The van der Waals surface area contributed by atoms with Crippen LogP contribution in [0.15, 0.2) is 85.3 Å². The lowest BCUT2D eigenvalue weighted by Crippen LogP contribution is -2.78. The van der Waals surface area contributed by atoms with Crippen LogP contribution in [0.1, 0.15) is 117 Å². The van der Waals surface area contributed by atoms with Gasteiger partial charge in [-0.1, -0.05) is 79.6 Å². The fourth-order valence-electron chi connectivity index (χ4n) is 16.8. The van der Waals surface area contributed by atoms with E-state index in [1.165, 1.54) is 87.2 Å². The van der Waals surface area contributed by atoms with Gasteiger partial charge in [-0.15, -0.1) is 0 Å². The lowest BCUT2D eigenvalue weighted by atomic mass is 9.31. The Morgan fingerprint density at radius 1 is 0.773 bits per heavy atom. The molecule has 4 aromatic carbocycles. The molecule has 9 N–H and O–H groups in total. The number of hydrogen-bond acceptors (Lipinski definition) is 9. The molecule has 6 fully saturated rings. The van der Waals surface area contributed by atoms with Crippen LogP contribution in [0.3, 0.4) is 0 Å². The van der Waals surface area contributed by atoms with E-state index in [4.69, 9.17) is 4.98 Å². The van der Waals surface area contributed by atoms with Gasteiger partial charge in [-0.05, 0) is 170 Å². The Hall–Kier alpha value is -5.29. The first-order chi connectivity index (χ1) is 32.1. The summed E-state index contributed by atoms with van der Waals surface area (Å²) in [4.78, 5) is 8.64. The molecule has 5 aliphatic carbocycles. The number of aryl methyl sites for hydroxylation is 1. The Morgan fingerprint density at radius 2 is 1.61 bits per heavy atom. The standard InChI is InChI=1S/C56H64N4O6/c61-43-18-12-34(28-46(43)64)11-16-38-39-6-1-7-44(62)48(39)50(66)49(65)40(38)17-10-33-8-13-35(14-9-33)42-30-53(24-26-57-27-25-53)41-29-37-5-3-21-55(37)23-22-54-20-2-4-36(54)15-19-45(63)51(54)56(55,52(41)60-42)47-31-58-32-59-47/h1,6-9,11-16,18-19,28,31-32,36-37,41-42,45,51-52,57,60-66H,2-5,10,17,20-27,29-30H2,(H,58,59)/b16-11+/t36-,37-,41+,42-,45-,51+,52+,54+,55+,56+/m1/s1. The number of hydrogen-bond donors (Lipinski definition) is 9. The van der Waals surface area contributed by atoms with Crippen molar-refractivity contribution in [3.63, 3.8) is 0 Å². The van der Waals surface area contributed by atoms with E-state index in [9.17, 15) is 30.6 Å². The smallest absolute Gasteiger partial charge is 0.169 e. The molecule has 344 valence electrons. The molecular formula is C56H64N4O6. The highest BCUT2D eigenvalue weighted by molar-refractivity contribution is 6.03. The molecule has 0 amide bonds. The molecule has 10 heteroatoms. The van der Waals surface area contributed by atoms with Crippen LogP contribution in [0.2, 0.25) is 0 Å². The van der Waals surface area contributed by atoms with Crippen molar-refractivity contribution < 1.29 is 30.6 Å². The summed E-state index contributed by atoms with van der Waals surface area (Å²) >= 11 is 0. The lowest BCUT2D eigenvalue weighted by molar-refractivity contribution is -0.215. The fraction of sp³-hybridized carbons (Fsp3) is 0.482. The summed E-state index contributed by atoms with van der Waals surface area (Å²) in [5.74, 6) is 0.534. The van der Waals surface area contributed by atoms with E-state index in [0.29, 0.717) is 52.7 Å². The van der Waals surface area contributed by atoms with Crippen LogP contribution < -0.4 is 10.6 Å². The zero-order chi connectivity index (χ0) is 45.0. The van der Waals surface area contributed by atoms with Crippen LogP contribution in [0.4, 0.5) is 0 Å². The number of nitrogens with zero attached hydrogens (tertiary/aromatic N) is 1. The zero-order valence-electron chi connectivity index (χ0n) is 37.7. The molecule has 5 aromatic rings. The van der Waals surface area contributed by atoms with Gasteiger partial charge in [0.2, 0.25) is 0 Å². The monoisotopic (exact) mass is 888 g/mol. The van der Waals surface area contributed by atoms with Gasteiger partial charge in [-0.3, -0.25) is 0 Å². The maximum Gasteiger partial charge on any atom is 0.169 e. The van der Waals surface area contributed by atoms with Gasteiger partial charge in [-0.2, -0.15) is 0 Å². The van der Waals surface area contributed by atoms with E-state index in [0.717, 1.165) is 37.9 Å². The van der Waals surface area contributed by atoms with Crippen LogP contribution in [-0.2, 0) is 18.3 Å². The number of allylic oxidation sites excluding steroid dienone is 1. The number of aromatic hydroxyl groups is 5. The molecule has 0 bridgehead atoms. The number of phenols is 5. The SMILES string of the molecule is Oc1ccc(/C=C/c2c(CCc3ccc([C@H]4CC5(CCNCC5)[C@H]5C[C@H]6CCC[C@]67CC[C@@]68CCC[C@@H]6C=C[C@@H](O)[C@@H]8[C@@]7(c6cnc[nH]6)[C@H]5N4)cc3)c(O)c(O)c3c(O)cccc23)cc1O. The summed E-state index contributed by atoms with van der Waals surface area (Å²) in [5.41, 5.74) is 5.53. The minimum atomic E-state index is -0.503. The normalized spacial score (nSPS) is 34.2. The van der Waals surface area contributed by atoms with Crippen molar-refractivity contribution in [3.8, 4) is 28.7 Å². The fourth-order valence-corrected chi connectivity index (χ4v) is 16.8. The van der Waals surface area contributed by atoms with Crippen molar-refractivity contribution in [1.29, 1.82) is 0 Å². The lowest BCUT2D eigenvalue weighted by Gasteiger charge is -2.74. The Labute approximate surface area is 386 Å². The summed E-state index contributed by atoms with van der Waals surface area (Å²) in [5, 5.41) is 75.4. The number of phenolic OH excluding ortho intramolecular Hbond substituents is 5. The summed E-state index contributed by atoms with van der Waals surface area (Å²) in [7, 11) is 0. The molecule has 2 aliphatic heterocycles. The average Bonchev–Trinajstić information content (AvgIpc) is 4.12. The van der Waals surface area contributed by atoms with Gasteiger partial charge in [0.25, 0.3) is 0 Å². The molecule has 0 radical (unpaired) electrons. The van der Waals surface area contributed by atoms with Crippen LogP contribution in [0.5, 0.6) is 28.7 Å². The molecule has 7 aliphatic rings. The first-order valence-corrected chi connectivity index (χ1v) is 24.9. The van der Waals surface area contributed by atoms with Crippen LogP contribution in [0, 0.1) is 39.9 Å². The zero-order valence-corrected chi connectivity index (χ0v) is 37.7. The molecule has 3 spiro atoms. The van der Waals surface area contributed by atoms with E-state index < -0.39 is 6.10 Å². The van der Waals surface area contributed by atoms with Gasteiger partial charge >= 0.3 is 0 Å². The maximum atomic E-state index is 12.7. The highest BCUT2D eigenvalue weighted by Gasteiger charge is 2.78. The van der Waals surface area contributed by atoms with Gasteiger partial charge < -0.3 is 46.3 Å². The largest absolute Gasteiger partial charge is 0.507 e. The number of fused-ring (bicyclic) bond motifs is 5. The molecular weight excluding hydrogens is 825 g/mol. The summed E-state index contributed by atoms with van der Waals surface area (Å²) < 4.78 is 0. The Kier molecular flexibility index (Phi) is 9.98. The van der Waals surface area contributed by atoms with Crippen molar-refractivity contribution in [2.24, 2.45) is 39.9 Å². The second-order valence-corrected chi connectivity index (χ2v) is 21.6. The topological polar surface area (TPSA) is 174 Å². The number of aromatic nitrogens is 2. The number of aromatic amines is 1. The van der Waals surface area contributed by atoms with E-state index in [-0.39, 0.29) is 73.8 Å². The third-order valence-corrected chi connectivity index (χ3v) is 19.4. The molecule has 12 rings (SSSR count). The predicted molar refractivity (Wildman–Crippen MR) is 256 cm³/mol. The molecule has 66 heavy (non-hydrogen) atoms. The van der Waals surface area contributed by atoms with E-state index in [2.05, 4.69) is 58.2 Å². The van der Waals surface area contributed by atoms with Crippen molar-refractivity contribution >= 4 is 22.9 Å². The molecule has 10 atom stereocenters. The third-order valence-electron chi connectivity index (χ3n) is 19.4.